The lowest BCUT2D eigenvalue weighted by molar-refractivity contribution is 0.288. The van der Waals surface area contributed by atoms with Gasteiger partial charge < -0.3 is 0 Å². The largest absolute Gasteiger partial charge is 0.243 e. The third kappa shape index (κ3) is 3.61. The second kappa shape index (κ2) is 6.27. The molecule has 0 N–H and O–H groups in total. The van der Waals surface area contributed by atoms with E-state index in [1.165, 1.54) is 5.56 Å². The quantitative estimate of drug-likeness (QED) is 0.854. The van der Waals surface area contributed by atoms with Gasteiger partial charge in [0, 0.05) is 13.1 Å². The van der Waals surface area contributed by atoms with Gasteiger partial charge in [-0.15, -0.1) is 0 Å². The lowest BCUT2D eigenvalue weighted by atomic mass is 10.0. The highest BCUT2D eigenvalue weighted by Crippen LogP contribution is 2.23. The van der Waals surface area contributed by atoms with Gasteiger partial charge in [-0.25, -0.2) is 8.42 Å². The predicted octanol–water partition coefficient (Wildman–Crippen LogP) is 3.31. The summed E-state index contributed by atoms with van der Waals surface area (Å²) in [5.41, 5.74) is 1.20. The van der Waals surface area contributed by atoms with Crippen LogP contribution in [0.3, 0.4) is 0 Å². The average molecular weight is 295 g/mol. The molecule has 0 bridgehead atoms. The van der Waals surface area contributed by atoms with Crippen LogP contribution in [0.1, 0.15) is 39.2 Å². The maximum Gasteiger partial charge on any atom is 0.243 e. The Morgan fingerprint density at radius 2 is 1.70 bits per heavy atom. The van der Waals surface area contributed by atoms with Gasteiger partial charge in [-0.2, -0.15) is 4.31 Å². The molecule has 1 aliphatic rings. The van der Waals surface area contributed by atoms with E-state index < -0.39 is 10.0 Å². The summed E-state index contributed by atoms with van der Waals surface area (Å²) in [5.74, 6) is 1.22. The van der Waals surface area contributed by atoms with Crippen molar-refractivity contribution in [2.75, 3.05) is 13.1 Å². The van der Waals surface area contributed by atoms with Crippen LogP contribution in [0.25, 0.3) is 0 Å². The molecule has 0 atom stereocenters. The first-order valence-electron chi connectivity index (χ1n) is 7.48. The van der Waals surface area contributed by atoms with Crippen LogP contribution in [-0.4, -0.2) is 25.8 Å². The van der Waals surface area contributed by atoms with Crippen LogP contribution in [0.4, 0.5) is 0 Å². The van der Waals surface area contributed by atoms with Crippen LogP contribution in [0.2, 0.25) is 0 Å². The van der Waals surface area contributed by atoms with Crippen molar-refractivity contribution < 1.29 is 8.42 Å². The van der Waals surface area contributed by atoms with Crippen molar-refractivity contribution in [3.8, 4) is 0 Å². The van der Waals surface area contributed by atoms with Crippen molar-refractivity contribution in [2.24, 2.45) is 11.8 Å². The van der Waals surface area contributed by atoms with E-state index in [1.54, 1.807) is 16.4 Å². The highest BCUT2D eigenvalue weighted by molar-refractivity contribution is 7.89. The van der Waals surface area contributed by atoms with Crippen molar-refractivity contribution in [1.29, 1.82) is 0 Å². The van der Waals surface area contributed by atoms with Crippen LogP contribution in [0, 0.1) is 11.8 Å². The molecule has 0 aliphatic carbocycles. The molecule has 0 amide bonds. The van der Waals surface area contributed by atoms with E-state index >= 15 is 0 Å². The van der Waals surface area contributed by atoms with Crippen molar-refractivity contribution in [2.45, 2.75) is 44.9 Å². The van der Waals surface area contributed by atoms with Crippen LogP contribution in [0.5, 0.6) is 0 Å². The Balaban J connectivity index is 2.13. The first kappa shape index (κ1) is 15.5. The van der Waals surface area contributed by atoms with Gasteiger partial charge in [0.25, 0.3) is 0 Å². The third-order valence-electron chi connectivity index (χ3n) is 3.95. The maximum absolute atomic E-state index is 12.6. The molecule has 0 unspecified atom stereocenters. The highest BCUT2D eigenvalue weighted by Gasteiger charge is 2.27. The summed E-state index contributed by atoms with van der Waals surface area (Å²) in [6.07, 6.45) is 2.91. The second-order valence-corrected chi connectivity index (χ2v) is 8.27. The first-order chi connectivity index (χ1) is 9.39. The Labute approximate surface area is 123 Å². The van der Waals surface area contributed by atoms with E-state index in [1.807, 2.05) is 12.1 Å². The molecular formula is C16H25NO2S. The summed E-state index contributed by atoms with van der Waals surface area (Å²) < 4.78 is 26.7. The third-order valence-corrected chi connectivity index (χ3v) is 5.86. The van der Waals surface area contributed by atoms with E-state index in [4.69, 9.17) is 0 Å². The molecule has 4 heteroatoms. The summed E-state index contributed by atoms with van der Waals surface area (Å²) in [6.45, 7) is 7.82. The number of hydrogen-bond acceptors (Lipinski definition) is 2. The minimum atomic E-state index is -3.30. The summed E-state index contributed by atoms with van der Waals surface area (Å²) >= 11 is 0. The van der Waals surface area contributed by atoms with Gasteiger partial charge in [0.1, 0.15) is 0 Å². The zero-order valence-corrected chi connectivity index (χ0v) is 13.5. The number of rotatable bonds is 4. The predicted molar refractivity (Wildman–Crippen MR) is 82.1 cm³/mol. The SMILES string of the molecule is CC(C)Cc1ccc(S(=O)(=O)N2CCC(C)CC2)cc1. The lowest BCUT2D eigenvalue weighted by Crippen LogP contribution is -2.37. The minimum absolute atomic E-state index is 0.430. The molecule has 1 aromatic rings. The van der Waals surface area contributed by atoms with Crippen molar-refractivity contribution in [3.05, 3.63) is 29.8 Å². The molecule has 1 fully saturated rings. The van der Waals surface area contributed by atoms with E-state index in [-0.39, 0.29) is 0 Å². The van der Waals surface area contributed by atoms with E-state index in [9.17, 15) is 8.42 Å². The molecule has 1 heterocycles. The summed E-state index contributed by atoms with van der Waals surface area (Å²) in [7, 11) is -3.30. The molecule has 1 saturated heterocycles. The van der Waals surface area contributed by atoms with Gasteiger partial charge in [-0.05, 0) is 48.8 Å². The Morgan fingerprint density at radius 3 is 2.20 bits per heavy atom. The van der Waals surface area contributed by atoms with Gasteiger partial charge in [-0.3, -0.25) is 0 Å². The first-order valence-corrected chi connectivity index (χ1v) is 8.92. The fourth-order valence-electron chi connectivity index (χ4n) is 2.64. The van der Waals surface area contributed by atoms with Gasteiger partial charge >= 0.3 is 0 Å². The molecule has 3 nitrogen and oxygen atoms in total. The zero-order chi connectivity index (χ0) is 14.8. The van der Waals surface area contributed by atoms with Gasteiger partial charge in [0.05, 0.1) is 4.90 Å². The van der Waals surface area contributed by atoms with Crippen molar-refractivity contribution >= 4 is 10.0 Å². The van der Waals surface area contributed by atoms with Crippen LogP contribution in [0.15, 0.2) is 29.2 Å². The van der Waals surface area contributed by atoms with E-state index in [0.717, 1.165) is 19.3 Å². The number of sulfonamides is 1. The Bertz CT molecular complexity index is 526. The fourth-order valence-corrected chi connectivity index (χ4v) is 4.11. The van der Waals surface area contributed by atoms with E-state index in [0.29, 0.717) is 29.8 Å². The average Bonchev–Trinajstić information content (AvgIpc) is 2.39. The summed E-state index contributed by atoms with van der Waals surface area (Å²) in [5, 5.41) is 0. The number of hydrogen-bond donors (Lipinski definition) is 0. The Kier molecular flexibility index (Phi) is 4.86. The normalized spacial score (nSPS) is 18.6. The van der Waals surface area contributed by atoms with Crippen molar-refractivity contribution in [3.63, 3.8) is 0 Å². The maximum atomic E-state index is 12.6. The number of piperidine rings is 1. The molecule has 0 spiro atoms. The molecule has 20 heavy (non-hydrogen) atoms. The number of benzene rings is 1. The monoisotopic (exact) mass is 295 g/mol. The second-order valence-electron chi connectivity index (χ2n) is 6.33. The standard InChI is InChI=1S/C16H25NO2S/c1-13(2)12-15-4-6-16(7-5-15)20(18,19)17-10-8-14(3)9-11-17/h4-7,13-14H,8-12H2,1-3H3. The molecule has 0 radical (unpaired) electrons. The zero-order valence-electron chi connectivity index (χ0n) is 12.7. The van der Waals surface area contributed by atoms with Gasteiger partial charge in [-0.1, -0.05) is 32.9 Å². The lowest BCUT2D eigenvalue weighted by Gasteiger charge is -2.29. The van der Waals surface area contributed by atoms with Gasteiger partial charge in [0.2, 0.25) is 10.0 Å². The molecule has 112 valence electrons. The van der Waals surface area contributed by atoms with Crippen LogP contribution < -0.4 is 0 Å². The number of nitrogens with zero attached hydrogens (tertiary/aromatic N) is 1. The molecule has 2 rings (SSSR count). The Hall–Kier alpha value is -0.870. The van der Waals surface area contributed by atoms with Gasteiger partial charge in [0.15, 0.2) is 0 Å². The summed E-state index contributed by atoms with van der Waals surface area (Å²) in [4.78, 5) is 0.430. The molecular weight excluding hydrogens is 270 g/mol. The molecule has 1 aromatic carbocycles. The molecule has 0 saturated carbocycles. The minimum Gasteiger partial charge on any atom is -0.207 e. The highest BCUT2D eigenvalue weighted by atomic mass is 32.2. The van der Waals surface area contributed by atoms with E-state index in [2.05, 4.69) is 20.8 Å². The van der Waals surface area contributed by atoms with Crippen molar-refractivity contribution in [1.82, 2.24) is 4.31 Å². The molecule has 0 aromatic heterocycles. The smallest absolute Gasteiger partial charge is 0.207 e. The topological polar surface area (TPSA) is 37.4 Å². The van der Waals surface area contributed by atoms with Crippen LogP contribution >= 0.6 is 0 Å². The fraction of sp³-hybridized carbons (Fsp3) is 0.625. The Morgan fingerprint density at radius 1 is 1.15 bits per heavy atom. The van der Waals surface area contributed by atoms with Crippen LogP contribution in [-0.2, 0) is 16.4 Å². The molecule has 1 aliphatic heterocycles. The summed E-state index contributed by atoms with van der Waals surface area (Å²) in [6, 6.07) is 7.40.